The molecule has 16 heavy (non-hydrogen) atoms. The van der Waals surface area contributed by atoms with E-state index in [4.69, 9.17) is 9.47 Å². The molecule has 0 spiro atoms. The Kier molecular flexibility index (Phi) is 6.42. The summed E-state index contributed by atoms with van der Waals surface area (Å²) in [7, 11) is 0. The minimum absolute atomic E-state index is 0.00801. The number of morpholine rings is 1. The molecule has 0 aromatic heterocycles. The lowest BCUT2D eigenvalue weighted by molar-refractivity contribution is -0.147. The van der Waals surface area contributed by atoms with Crippen LogP contribution >= 0.6 is 0 Å². The number of esters is 1. The Bertz CT molecular complexity index is 200. The number of nitrogens with one attached hydrogen (secondary N) is 1. The Morgan fingerprint density at radius 1 is 1.56 bits per heavy atom. The summed E-state index contributed by atoms with van der Waals surface area (Å²) in [5.74, 6) is 0.530. The average molecular weight is 229 g/mol. The SMILES string of the molecule is CC(C)CCCOC(=O)CC1CNCCO1. The first kappa shape index (κ1) is 13.5. The van der Waals surface area contributed by atoms with Crippen LogP contribution < -0.4 is 5.32 Å². The molecule has 1 heterocycles. The highest BCUT2D eigenvalue weighted by atomic mass is 16.5. The van der Waals surface area contributed by atoms with Crippen LogP contribution in [0.15, 0.2) is 0 Å². The number of hydrogen-bond acceptors (Lipinski definition) is 4. The maximum atomic E-state index is 11.4. The van der Waals surface area contributed by atoms with E-state index in [2.05, 4.69) is 19.2 Å². The Labute approximate surface area is 97.7 Å². The highest BCUT2D eigenvalue weighted by Crippen LogP contribution is 2.06. The molecule has 0 amide bonds. The van der Waals surface area contributed by atoms with Crippen molar-refractivity contribution in [1.29, 1.82) is 0 Å². The largest absolute Gasteiger partial charge is 0.466 e. The Balaban J connectivity index is 2.01. The van der Waals surface area contributed by atoms with Gasteiger partial charge in [0.2, 0.25) is 0 Å². The van der Waals surface area contributed by atoms with Gasteiger partial charge in [-0.15, -0.1) is 0 Å². The average Bonchev–Trinajstić information content (AvgIpc) is 2.25. The van der Waals surface area contributed by atoms with Gasteiger partial charge in [0.1, 0.15) is 0 Å². The van der Waals surface area contributed by atoms with Crippen molar-refractivity contribution in [2.45, 2.75) is 39.2 Å². The maximum absolute atomic E-state index is 11.4. The summed E-state index contributed by atoms with van der Waals surface area (Å²) in [5, 5.41) is 3.19. The molecular weight excluding hydrogens is 206 g/mol. The summed E-state index contributed by atoms with van der Waals surface area (Å²) in [6.45, 7) is 7.19. The van der Waals surface area contributed by atoms with Crippen molar-refractivity contribution in [1.82, 2.24) is 5.32 Å². The Hall–Kier alpha value is -0.610. The molecule has 1 rings (SSSR count). The standard InChI is InChI=1S/C12H23NO3/c1-10(2)4-3-6-16-12(14)8-11-9-13-5-7-15-11/h10-11,13H,3-9H2,1-2H3. The van der Waals surface area contributed by atoms with Crippen molar-refractivity contribution in [3.05, 3.63) is 0 Å². The number of hydrogen-bond donors (Lipinski definition) is 1. The molecule has 94 valence electrons. The van der Waals surface area contributed by atoms with Crippen molar-refractivity contribution in [3.8, 4) is 0 Å². The van der Waals surface area contributed by atoms with E-state index in [1.807, 2.05) is 0 Å². The quantitative estimate of drug-likeness (QED) is 0.551. The molecule has 1 aliphatic rings. The van der Waals surface area contributed by atoms with Gasteiger partial charge in [-0.05, 0) is 18.8 Å². The number of ether oxygens (including phenoxy) is 2. The summed E-state index contributed by atoms with van der Waals surface area (Å²) < 4.78 is 10.6. The molecule has 0 saturated carbocycles. The van der Waals surface area contributed by atoms with Crippen LogP contribution in [-0.2, 0) is 14.3 Å². The van der Waals surface area contributed by atoms with Gasteiger partial charge in [-0.3, -0.25) is 4.79 Å². The highest BCUT2D eigenvalue weighted by Gasteiger charge is 2.17. The fourth-order valence-electron chi connectivity index (χ4n) is 1.67. The molecule has 1 N–H and O–H groups in total. The molecule has 4 nitrogen and oxygen atoms in total. The Morgan fingerprint density at radius 3 is 3.00 bits per heavy atom. The Morgan fingerprint density at radius 2 is 2.38 bits per heavy atom. The molecule has 0 aliphatic carbocycles. The van der Waals surface area contributed by atoms with Crippen molar-refractivity contribution < 1.29 is 14.3 Å². The van der Waals surface area contributed by atoms with Crippen molar-refractivity contribution in [3.63, 3.8) is 0 Å². The first-order valence-corrected chi connectivity index (χ1v) is 6.16. The molecule has 0 radical (unpaired) electrons. The van der Waals surface area contributed by atoms with Crippen LogP contribution in [-0.4, -0.2) is 38.4 Å². The van der Waals surface area contributed by atoms with E-state index in [0.717, 1.165) is 25.9 Å². The minimum atomic E-state index is -0.141. The third-order valence-corrected chi connectivity index (χ3v) is 2.59. The van der Waals surface area contributed by atoms with Gasteiger partial charge >= 0.3 is 5.97 Å². The van der Waals surface area contributed by atoms with Crippen LogP contribution in [0.2, 0.25) is 0 Å². The van der Waals surface area contributed by atoms with Crippen molar-refractivity contribution in [2.75, 3.05) is 26.3 Å². The van der Waals surface area contributed by atoms with Gasteiger partial charge in [-0.1, -0.05) is 13.8 Å². The monoisotopic (exact) mass is 229 g/mol. The van der Waals surface area contributed by atoms with Crippen LogP contribution in [0.25, 0.3) is 0 Å². The molecule has 1 atom stereocenters. The lowest BCUT2D eigenvalue weighted by atomic mass is 10.1. The van der Waals surface area contributed by atoms with Crippen LogP contribution in [0.3, 0.4) is 0 Å². The molecule has 4 heteroatoms. The fourth-order valence-corrected chi connectivity index (χ4v) is 1.67. The molecule has 1 saturated heterocycles. The molecule has 0 aromatic rings. The van der Waals surface area contributed by atoms with Crippen LogP contribution in [0, 0.1) is 5.92 Å². The van der Waals surface area contributed by atoms with Gasteiger partial charge in [0.05, 0.1) is 25.7 Å². The van der Waals surface area contributed by atoms with Gasteiger partial charge in [-0.2, -0.15) is 0 Å². The first-order chi connectivity index (χ1) is 7.68. The molecular formula is C12H23NO3. The fraction of sp³-hybridized carbons (Fsp3) is 0.917. The lowest BCUT2D eigenvalue weighted by Gasteiger charge is -2.22. The van der Waals surface area contributed by atoms with Crippen molar-refractivity contribution >= 4 is 5.97 Å². The summed E-state index contributed by atoms with van der Waals surface area (Å²) >= 11 is 0. The first-order valence-electron chi connectivity index (χ1n) is 6.16. The van der Waals surface area contributed by atoms with E-state index >= 15 is 0 Å². The predicted octanol–water partition coefficient (Wildman–Crippen LogP) is 1.34. The zero-order valence-corrected chi connectivity index (χ0v) is 10.3. The lowest BCUT2D eigenvalue weighted by Crippen LogP contribution is -2.39. The minimum Gasteiger partial charge on any atom is -0.466 e. The second kappa shape index (κ2) is 7.63. The molecule has 0 aromatic carbocycles. The summed E-state index contributed by atoms with van der Waals surface area (Å²) in [4.78, 5) is 11.4. The smallest absolute Gasteiger partial charge is 0.308 e. The molecule has 1 fully saturated rings. The topological polar surface area (TPSA) is 47.6 Å². The number of carbonyl (C=O) groups excluding carboxylic acids is 1. The van der Waals surface area contributed by atoms with Crippen LogP contribution in [0.4, 0.5) is 0 Å². The number of rotatable bonds is 6. The summed E-state index contributed by atoms with van der Waals surface area (Å²) in [5.41, 5.74) is 0. The normalized spacial score (nSPS) is 21.1. The second-order valence-electron chi connectivity index (χ2n) is 4.66. The molecule has 0 bridgehead atoms. The molecule has 1 aliphatic heterocycles. The van der Waals surface area contributed by atoms with Crippen LogP contribution in [0.5, 0.6) is 0 Å². The third kappa shape index (κ3) is 6.08. The zero-order chi connectivity index (χ0) is 11.8. The van der Waals surface area contributed by atoms with Gasteiger partial charge in [0, 0.05) is 13.1 Å². The van der Waals surface area contributed by atoms with E-state index in [9.17, 15) is 4.79 Å². The number of carbonyl (C=O) groups is 1. The predicted molar refractivity (Wildman–Crippen MR) is 62.3 cm³/mol. The maximum Gasteiger partial charge on any atom is 0.308 e. The summed E-state index contributed by atoms with van der Waals surface area (Å²) in [6, 6.07) is 0. The third-order valence-electron chi connectivity index (χ3n) is 2.59. The van der Waals surface area contributed by atoms with Gasteiger partial charge in [0.25, 0.3) is 0 Å². The highest BCUT2D eigenvalue weighted by molar-refractivity contribution is 5.70. The van der Waals surface area contributed by atoms with E-state index in [1.54, 1.807) is 0 Å². The zero-order valence-electron chi connectivity index (χ0n) is 10.3. The van der Waals surface area contributed by atoms with Crippen molar-refractivity contribution in [2.24, 2.45) is 5.92 Å². The van der Waals surface area contributed by atoms with Gasteiger partial charge < -0.3 is 14.8 Å². The van der Waals surface area contributed by atoms with E-state index in [0.29, 0.717) is 25.6 Å². The van der Waals surface area contributed by atoms with Gasteiger partial charge in [-0.25, -0.2) is 0 Å². The van der Waals surface area contributed by atoms with E-state index in [1.165, 1.54) is 0 Å². The van der Waals surface area contributed by atoms with E-state index < -0.39 is 0 Å². The van der Waals surface area contributed by atoms with E-state index in [-0.39, 0.29) is 12.1 Å². The van der Waals surface area contributed by atoms with Gasteiger partial charge in [0.15, 0.2) is 0 Å². The molecule has 1 unspecified atom stereocenters. The van der Waals surface area contributed by atoms with Crippen LogP contribution in [0.1, 0.15) is 33.1 Å². The summed E-state index contributed by atoms with van der Waals surface area (Å²) in [6.07, 6.45) is 2.42. The second-order valence-corrected chi connectivity index (χ2v) is 4.66.